The van der Waals surface area contributed by atoms with E-state index in [9.17, 15) is 9.18 Å². The van der Waals surface area contributed by atoms with Gasteiger partial charge in [-0.15, -0.1) is 0 Å². The molecule has 0 saturated carbocycles. The number of halogens is 1. The Kier molecular flexibility index (Phi) is 6.89. The molecule has 31 heavy (non-hydrogen) atoms. The summed E-state index contributed by atoms with van der Waals surface area (Å²) >= 11 is 0. The third kappa shape index (κ3) is 5.89. The minimum Gasteiger partial charge on any atom is -0.457 e. The van der Waals surface area contributed by atoms with Crippen LogP contribution in [0, 0.1) is 5.82 Å². The van der Waals surface area contributed by atoms with Gasteiger partial charge in [0, 0.05) is 31.0 Å². The van der Waals surface area contributed by atoms with Crippen LogP contribution in [0.2, 0.25) is 0 Å². The first-order chi connectivity index (χ1) is 15.2. The second-order valence-electron chi connectivity index (χ2n) is 7.70. The molecule has 1 N–H and O–H groups in total. The molecule has 0 atom stereocenters. The predicted octanol–water partition coefficient (Wildman–Crippen LogP) is 4.90. The molecular formula is C25H26FN3O2. The summed E-state index contributed by atoms with van der Waals surface area (Å²) in [4.78, 5) is 19.2. The number of amides is 1. The summed E-state index contributed by atoms with van der Waals surface area (Å²) in [6.07, 6.45) is 7.12. The molecule has 2 heterocycles. The Morgan fingerprint density at radius 2 is 1.61 bits per heavy atom. The average molecular weight is 420 g/mol. The summed E-state index contributed by atoms with van der Waals surface area (Å²) in [6.45, 7) is 3.76. The predicted molar refractivity (Wildman–Crippen MR) is 119 cm³/mol. The van der Waals surface area contributed by atoms with Gasteiger partial charge in [-0.05, 0) is 74.0 Å². The molecule has 2 aromatic carbocycles. The van der Waals surface area contributed by atoms with Crippen molar-refractivity contribution in [1.29, 1.82) is 0 Å². The van der Waals surface area contributed by atoms with Crippen LogP contribution in [-0.4, -0.2) is 42.0 Å². The number of carbonyl (C=O) groups is 1. The van der Waals surface area contributed by atoms with Gasteiger partial charge in [-0.25, -0.2) is 4.39 Å². The van der Waals surface area contributed by atoms with Crippen molar-refractivity contribution in [3.63, 3.8) is 0 Å². The minimum atomic E-state index is -0.300. The molecule has 0 radical (unpaired) electrons. The maximum atomic E-state index is 13.0. The van der Waals surface area contributed by atoms with Crippen molar-refractivity contribution in [3.8, 4) is 22.6 Å². The second-order valence-corrected chi connectivity index (χ2v) is 7.70. The number of carbonyl (C=O) groups excluding carboxylic acids is 1. The average Bonchev–Trinajstić information content (AvgIpc) is 2.82. The van der Waals surface area contributed by atoms with E-state index in [1.54, 1.807) is 24.5 Å². The van der Waals surface area contributed by atoms with Crippen molar-refractivity contribution in [3.05, 3.63) is 78.4 Å². The van der Waals surface area contributed by atoms with Gasteiger partial charge >= 0.3 is 0 Å². The summed E-state index contributed by atoms with van der Waals surface area (Å²) in [5.74, 6) is 0.808. The zero-order valence-corrected chi connectivity index (χ0v) is 17.4. The molecule has 1 fully saturated rings. The Labute approximate surface area is 181 Å². The number of rotatable bonds is 7. The Balaban J connectivity index is 1.35. The number of piperidine rings is 1. The lowest BCUT2D eigenvalue weighted by atomic mass is 10.1. The van der Waals surface area contributed by atoms with E-state index in [2.05, 4.69) is 15.2 Å². The maximum absolute atomic E-state index is 13.0. The van der Waals surface area contributed by atoms with Crippen LogP contribution in [0.3, 0.4) is 0 Å². The van der Waals surface area contributed by atoms with Gasteiger partial charge in [0.2, 0.25) is 0 Å². The van der Waals surface area contributed by atoms with Gasteiger partial charge in [0.05, 0.1) is 5.56 Å². The normalized spacial score (nSPS) is 14.2. The van der Waals surface area contributed by atoms with E-state index in [0.717, 1.165) is 30.8 Å². The minimum absolute atomic E-state index is 0.109. The number of pyridine rings is 1. The van der Waals surface area contributed by atoms with Gasteiger partial charge in [0.25, 0.3) is 5.91 Å². The smallest absolute Gasteiger partial charge is 0.252 e. The van der Waals surface area contributed by atoms with E-state index in [-0.39, 0.29) is 11.7 Å². The summed E-state index contributed by atoms with van der Waals surface area (Å²) in [5.41, 5.74) is 2.33. The van der Waals surface area contributed by atoms with Crippen LogP contribution in [-0.2, 0) is 0 Å². The molecule has 0 bridgehead atoms. The lowest BCUT2D eigenvalue weighted by molar-refractivity contribution is 0.0946. The van der Waals surface area contributed by atoms with E-state index in [0.29, 0.717) is 23.6 Å². The number of aromatic nitrogens is 1. The van der Waals surface area contributed by atoms with Gasteiger partial charge in [-0.2, -0.15) is 0 Å². The Morgan fingerprint density at radius 1 is 0.935 bits per heavy atom. The van der Waals surface area contributed by atoms with Crippen molar-refractivity contribution in [1.82, 2.24) is 15.2 Å². The number of benzene rings is 2. The Bertz CT molecular complexity index is 1000. The molecular weight excluding hydrogens is 393 g/mol. The van der Waals surface area contributed by atoms with Crippen LogP contribution in [0.15, 0.2) is 67.0 Å². The van der Waals surface area contributed by atoms with Gasteiger partial charge in [0.1, 0.15) is 17.3 Å². The summed E-state index contributed by atoms with van der Waals surface area (Å²) in [7, 11) is 0. The fraction of sp³-hybridized carbons (Fsp3) is 0.280. The lowest BCUT2D eigenvalue weighted by Crippen LogP contribution is -2.37. The summed E-state index contributed by atoms with van der Waals surface area (Å²) in [6, 6.07) is 15.2. The third-order valence-corrected chi connectivity index (χ3v) is 5.40. The first kappa shape index (κ1) is 21.0. The third-order valence-electron chi connectivity index (χ3n) is 5.40. The van der Waals surface area contributed by atoms with E-state index in [1.165, 1.54) is 31.4 Å². The van der Waals surface area contributed by atoms with Gasteiger partial charge in [-0.1, -0.05) is 18.6 Å². The highest BCUT2D eigenvalue weighted by molar-refractivity contribution is 5.95. The van der Waals surface area contributed by atoms with Crippen molar-refractivity contribution in [2.45, 2.75) is 19.3 Å². The highest BCUT2D eigenvalue weighted by Gasteiger charge is 2.12. The van der Waals surface area contributed by atoms with Crippen LogP contribution >= 0.6 is 0 Å². The molecule has 1 amide bonds. The first-order valence-corrected chi connectivity index (χ1v) is 10.7. The van der Waals surface area contributed by atoms with E-state index >= 15 is 0 Å². The fourth-order valence-corrected chi connectivity index (χ4v) is 3.69. The Morgan fingerprint density at radius 3 is 2.32 bits per heavy atom. The molecule has 4 rings (SSSR count). The number of likely N-dealkylation sites (tertiary alicyclic amines) is 1. The van der Waals surface area contributed by atoms with Crippen molar-refractivity contribution in [2.24, 2.45) is 0 Å². The number of nitrogens with zero attached hydrogens (tertiary/aromatic N) is 2. The standard InChI is InChI=1S/C25H26FN3O2/c26-22-6-10-24(11-7-22)31-23-8-4-19(5-9-23)20-16-21(18-27-17-20)25(30)28-12-15-29-13-2-1-3-14-29/h4-11,16-18H,1-3,12-15H2,(H,28,30). The highest BCUT2D eigenvalue weighted by Crippen LogP contribution is 2.26. The number of ether oxygens (including phenoxy) is 1. The molecule has 1 aliphatic heterocycles. The molecule has 1 aromatic heterocycles. The van der Waals surface area contributed by atoms with Crippen molar-refractivity contribution in [2.75, 3.05) is 26.2 Å². The maximum Gasteiger partial charge on any atom is 0.252 e. The van der Waals surface area contributed by atoms with Crippen molar-refractivity contribution >= 4 is 5.91 Å². The van der Waals surface area contributed by atoms with Crippen LogP contribution in [0.1, 0.15) is 29.6 Å². The molecule has 6 heteroatoms. The second kappa shape index (κ2) is 10.2. The van der Waals surface area contributed by atoms with Crippen LogP contribution in [0.5, 0.6) is 11.5 Å². The van der Waals surface area contributed by atoms with E-state index < -0.39 is 0 Å². The largest absolute Gasteiger partial charge is 0.457 e. The fourth-order valence-electron chi connectivity index (χ4n) is 3.69. The van der Waals surface area contributed by atoms with Gasteiger partial charge < -0.3 is 15.0 Å². The molecule has 0 spiro atoms. The molecule has 0 unspecified atom stereocenters. The number of hydrogen-bond donors (Lipinski definition) is 1. The molecule has 1 saturated heterocycles. The van der Waals surface area contributed by atoms with Gasteiger partial charge in [0.15, 0.2) is 0 Å². The van der Waals surface area contributed by atoms with Crippen LogP contribution in [0.4, 0.5) is 4.39 Å². The Hall–Kier alpha value is -3.25. The van der Waals surface area contributed by atoms with Gasteiger partial charge in [-0.3, -0.25) is 9.78 Å². The molecule has 5 nitrogen and oxygen atoms in total. The summed E-state index contributed by atoms with van der Waals surface area (Å²) < 4.78 is 18.7. The molecule has 0 aliphatic carbocycles. The summed E-state index contributed by atoms with van der Waals surface area (Å²) in [5, 5.41) is 3.00. The topological polar surface area (TPSA) is 54.5 Å². The van der Waals surface area contributed by atoms with Crippen molar-refractivity contribution < 1.29 is 13.9 Å². The molecule has 160 valence electrons. The highest BCUT2D eigenvalue weighted by atomic mass is 19.1. The zero-order valence-electron chi connectivity index (χ0n) is 17.4. The van der Waals surface area contributed by atoms with E-state index in [1.807, 2.05) is 30.3 Å². The SMILES string of the molecule is O=C(NCCN1CCCCC1)c1cncc(-c2ccc(Oc3ccc(F)cc3)cc2)c1. The molecule has 1 aliphatic rings. The number of hydrogen-bond acceptors (Lipinski definition) is 4. The lowest BCUT2D eigenvalue weighted by Gasteiger charge is -2.26. The monoisotopic (exact) mass is 419 g/mol. The van der Waals surface area contributed by atoms with E-state index in [4.69, 9.17) is 4.74 Å². The zero-order chi connectivity index (χ0) is 21.5. The first-order valence-electron chi connectivity index (χ1n) is 10.7. The quantitative estimate of drug-likeness (QED) is 0.592. The number of nitrogens with one attached hydrogen (secondary N) is 1. The molecule has 3 aromatic rings. The van der Waals surface area contributed by atoms with Crippen LogP contribution < -0.4 is 10.1 Å². The van der Waals surface area contributed by atoms with Crippen LogP contribution in [0.25, 0.3) is 11.1 Å².